The number of nitrogens with zero attached hydrogens (tertiary/aromatic N) is 2. The quantitative estimate of drug-likeness (QED) is 0.733. The minimum atomic E-state index is -0.218. The lowest BCUT2D eigenvalue weighted by Crippen LogP contribution is -2.21. The molecule has 0 bridgehead atoms. The summed E-state index contributed by atoms with van der Waals surface area (Å²) in [6.45, 7) is 6.51. The first-order valence-electron chi connectivity index (χ1n) is 9.93. The molecule has 1 saturated carbocycles. The first-order valence-corrected chi connectivity index (χ1v) is 9.93. The monoisotopic (exact) mass is 366 g/mol. The second-order valence-corrected chi connectivity index (χ2v) is 8.38. The summed E-state index contributed by atoms with van der Waals surface area (Å²) in [7, 11) is 0. The predicted molar refractivity (Wildman–Crippen MR) is 110 cm³/mol. The maximum atomic E-state index is 12.6. The summed E-state index contributed by atoms with van der Waals surface area (Å²) < 4.78 is 0. The molecule has 5 nitrogen and oxygen atoms in total. The van der Waals surface area contributed by atoms with Crippen molar-refractivity contribution in [3.8, 4) is 0 Å². The highest BCUT2D eigenvalue weighted by atomic mass is 16.1. The van der Waals surface area contributed by atoms with Crippen LogP contribution in [0.2, 0.25) is 0 Å². The Hall–Kier alpha value is -2.43. The number of rotatable bonds is 4. The number of benzene rings is 1. The average Bonchev–Trinajstić information content (AvgIpc) is 2.90. The van der Waals surface area contributed by atoms with Gasteiger partial charge in [0, 0.05) is 17.9 Å². The number of nitrogens with one attached hydrogen (secondary N) is 2. The Kier molecular flexibility index (Phi) is 6.09. The van der Waals surface area contributed by atoms with Crippen molar-refractivity contribution in [2.24, 2.45) is 0 Å². The number of carbonyl (C=O) groups is 1. The second kappa shape index (κ2) is 8.51. The van der Waals surface area contributed by atoms with Crippen LogP contribution in [0.25, 0.3) is 0 Å². The predicted octanol–water partition coefficient (Wildman–Crippen LogP) is 5.16. The van der Waals surface area contributed by atoms with Gasteiger partial charge in [-0.15, -0.1) is 0 Å². The summed E-state index contributed by atoms with van der Waals surface area (Å²) in [5.41, 5.74) is 2.47. The molecule has 27 heavy (non-hydrogen) atoms. The lowest BCUT2D eigenvalue weighted by Gasteiger charge is -2.19. The van der Waals surface area contributed by atoms with Crippen LogP contribution in [-0.2, 0) is 5.41 Å². The number of hydrogen-bond donors (Lipinski definition) is 2. The van der Waals surface area contributed by atoms with E-state index in [2.05, 4.69) is 53.5 Å². The summed E-state index contributed by atoms with van der Waals surface area (Å²) >= 11 is 0. The molecule has 1 heterocycles. The third-order valence-corrected chi connectivity index (χ3v) is 5.09. The zero-order valence-electron chi connectivity index (χ0n) is 16.6. The van der Waals surface area contributed by atoms with E-state index in [9.17, 15) is 4.79 Å². The van der Waals surface area contributed by atoms with E-state index in [0.29, 0.717) is 17.7 Å². The second-order valence-electron chi connectivity index (χ2n) is 8.38. The number of hydrogen-bond acceptors (Lipinski definition) is 4. The van der Waals surface area contributed by atoms with E-state index >= 15 is 0 Å². The Morgan fingerprint density at radius 1 is 1.00 bits per heavy atom. The van der Waals surface area contributed by atoms with Crippen molar-refractivity contribution in [1.29, 1.82) is 0 Å². The highest BCUT2D eigenvalue weighted by Crippen LogP contribution is 2.24. The van der Waals surface area contributed by atoms with Gasteiger partial charge in [-0.1, -0.05) is 58.6 Å². The molecule has 1 aliphatic rings. The first kappa shape index (κ1) is 19.3. The molecule has 0 unspecified atom stereocenters. The highest BCUT2D eigenvalue weighted by Gasteiger charge is 2.16. The van der Waals surface area contributed by atoms with Gasteiger partial charge in [0.2, 0.25) is 5.95 Å². The molecule has 1 fully saturated rings. The Labute approximate surface area is 162 Å². The molecule has 0 atom stereocenters. The number of aromatic nitrogens is 2. The van der Waals surface area contributed by atoms with Crippen LogP contribution in [0.4, 0.5) is 11.6 Å². The summed E-state index contributed by atoms with van der Waals surface area (Å²) in [4.78, 5) is 21.3. The van der Waals surface area contributed by atoms with Crippen LogP contribution in [0, 0.1) is 0 Å². The number of amides is 1. The van der Waals surface area contributed by atoms with Gasteiger partial charge in [0.05, 0.1) is 0 Å². The third-order valence-electron chi connectivity index (χ3n) is 5.09. The molecule has 1 aromatic heterocycles. The van der Waals surface area contributed by atoms with E-state index in [-0.39, 0.29) is 11.3 Å². The molecule has 1 aromatic carbocycles. The largest absolute Gasteiger partial charge is 0.351 e. The summed E-state index contributed by atoms with van der Waals surface area (Å²) in [5.74, 6) is 0.322. The normalized spacial score (nSPS) is 15.8. The smallest absolute Gasteiger partial charge is 0.274 e. The lowest BCUT2D eigenvalue weighted by atomic mass is 9.87. The molecule has 2 aromatic rings. The van der Waals surface area contributed by atoms with Crippen LogP contribution >= 0.6 is 0 Å². The van der Waals surface area contributed by atoms with Gasteiger partial charge in [-0.3, -0.25) is 4.79 Å². The summed E-state index contributed by atoms with van der Waals surface area (Å²) in [6, 6.07) is 10.0. The van der Waals surface area contributed by atoms with Gasteiger partial charge in [-0.25, -0.2) is 9.97 Å². The minimum Gasteiger partial charge on any atom is -0.351 e. The van der Waals surface area contributed by atoms with Gasteiger partial charge >= 0.3 is 0 Å². The van der Waals surface area contributed by atoms with Gasteiger partial charge in [0.1, 0.15) is 5.69 Å². The lowest BCUT2D eigenvalue weighted by molar-refractivity contribution is 0.102. The van der Waals surface area contributed by atoms with E-state index in [1.807, 2.05) is 12.1 Å². The van der Waals surface area contributed by atoms with Crippen LogP contribution in [0.3, 0.4) is 0 Å². The zero-order valence-corrected chi connectivity index (χ0v) is 16.6. The molecule has 2 N–H and O–H groups in total. The van der Waals surface area contributed by atoms with Crippen LogP contribution < -0.4 is 10.6 Å². The van der Waals surface area contributed by atoms with Crippen molar-refractivity contribution in [3.05, 3.63) is 47.8 Å². The molecular formula is C22H30N4O. The van der Waals surface area contributed by atoms with Crippen LogP contribution in [0.15, 0.2) is 36.5 Å². The maximum absolute atomic E-state index is 12.6. The molecule has 0 spiro atoms. The highest BCUT2D eigenvalue weighted by molar-refractivity contribution is 6.02. The Bertz CT molecular complexity index is 757. The van der Waals surface area contributed by atoms with Crippen molar-refractivity contribution in [2.45, 2.75) is 70.8 Å². The Morgan fingerprint density at radius 2 is 1.67 bits per heavy atom. The minimum absolute atomic E-state index is 0.0910. The molecule has 0 aliphatic heterocycles. The van der Waals surface area contributed by atoms with Crippen LogP contribution in [0.1, 0.15) is 75.3 Å². The Morgan fingerprint density at radius 3 is 2.30 bits per heavy atom. The van der Waals surface area contributed by atoms with E-state index in [1.165, 1.54) is 31.2 Å². The van der Waals surface area contributed by atoms with Crippen molar-refractivity contribution in [2.75, 3.05) is 10.6 Å². The van der Waals surface area contributed by atoms with E-state index in [0.717, 1.165) is 18.5 Å². The van der Waals surface area contributed by atoms with E-state index in [1.54, 1.807) is 12.3 Å². The molecule has 144 valence electrons. The molecule has 1 amide bonds. The van der Waals surface area contributed by atoms with Crippen molar-refractivity contribution >= 4 is 17.5 Å². The first-order chi connectivity index (χ1) is 12.9. The van der Waals surface area contributed by atoms with Gasteiger partial charge in [-0.2, -0.15) is 0 Å². The topological polar surface area (TPSA) is 66.9 Å². The van der Waals surface area contributed by atoms with Crippen LogP contribution in [-0.4, -0.2) is 21.9 Å². The molecule has 5 heteroatoms. The van der Waals surface area contributed by atoms with Crippen LogP contribution in [0.5, 0.6) is 0 Å². The van der Waals surface area contributed by atoms with Gasteiger partial charge in [-0.05, 0) is 42.0 Å². The molecule has 3 rings (SSSR count). The summed E-state index contributed by atoms with van der Waals surface area (Å²) in [6.07, 6.45) is 9.00. The van der Waals surface area contributed by atoms with Gasteiger partial charge < -0.3 is 10.6 Å². The van der Waals surface area contributed by atoms with Gasteiger partial charge in [0.25, 0.3) is 5.91 Å². The number of anilines is 2. The van der Waals surface area contributed by atoms with E-state index in [4.69, 9.17) is 0 Å². The van der Waals surface area contributed by atoms with Crippen molar-refractivity contribution in [3.63, 3.8) is 0 Å². The zero-order chi connectivity index (χ0) is 19.3. The van der Waals surface area contributed by atoms with Gasteiger partial charge in [0.15, 0.2) is 0 Å². The SMILES string of the molecule is CC(C)(C)c1ccc(NC(=O)c2ccnc(NC3CCCCCC3)n2)cc1. The fourth-order valence-corrected chi connectivity index (χ4v) is 3.41. The molecular weight excluding hydrogens is 336 g/mol. The molecule has 1 aliphatic carbocycles. The van der Waals surface area contributed by atoms with E-state index < -0.39 is 0 Å². The maximum Gasteiger partial charge on any atom is 0.274 e. The van der Waals surface area contributed by atoms with Crippen molar-refractivity contribution in [1.82, 2.24) is 9.97 Å². The van der Waals surface area contributed by atoms with Crippen molar-refractivity contribution < 1.29 is 4.79 Å². The Balaban J connectivity index is 1.64. The molecule has 0 radical (unpaired) electrons. The summed E-state index contributed by atoms with van der Waals surface area (Å²) in [5, 5.41) is 6.32. The number of carbonyl (C=O) groups excluding carboxylic acids is 1. The standard InChI is InChI=1S/C22H30N4O/c1-22(2,3)16-10-12-18(13-11-16)24-20(27)19-14-15-23-21(26-19)25-17-8-6-4-5-7-9-17/h10-15,17H,4-9H2,1-3H3,(H,24,27)(H,23,25,26). The third kappa shape index (κ3) is 5.52. The molecule has 0 saturated heterocycles. The fraction of sp³-hybridized carbons (Fsp3) is 0.500. The fourth-order valence-electron chi connectivity index (χ4n) is 3.41. The average molecular weight is 367 g/mol.